The van der Waals surface area contributed by atoms with Crippen LogP contribution in [0, 0.1) is 0 Å². The number of benzene rings is 3. The lowest BCUT2D eigenvalue weighted by Crippen LogP contribution is -2.14. The molecule has 0 aliphatic heterocycles. The molecule has 0 amide bonds. The summed E-state index contributed by atoms with van der Waals surface area (Å²) in [5, 5.41) is 4.94. The minimum Gasteiger partial charge on any atom is -0.489 e. The average Bonchev–Trinajstić information content (AvgIpc) is 3.61. The van der Waals surface area contributed by atoms with Crippen LogP contribution < -0.4 is 15.2 Å². The fourth-order valence-electron chi connectivity index (χ4n) is 4.73. The van der Waals surface area contributed by atoms with E-state index in [0.717, 1.165) is 52.5 Å². The molecule has 1 saturated carbocycles. The molecule has 1 aromatic heterocycles. The van der Waals surface area contributed by atoms with E-state index in [1.165, 1.54) is 12.8 Å². The van der Waals surface area contributed by atoms with Gasteiger partial charge in [0.05, 0.1) is 11.6 Å². The van der Waals surface area contributed by atoms with Gasteiger partial charge in [0, 0.05) is 12.6 Å². The SMILES string of the molecule is C=Nc1c(C(N)=NC)c(-c2ccc(Oc3cccc(COc4ccccc4)c3)cc2)nn1C1CCCC1. The van der Waals surface area contributed by atoms with Gasteiger partial charge in [0.25, 0.3) is 0 Å². The maximum atomic E-state index is 6.30. The lowest BCUT2D eigenvalue weighted by molar-refractivity contribution is 0.305. The van der Waals surface area contributed by atoms with Gasteiger partial charge in [-0.25, -0.2) is 9.67 Å². The zero-order valence-corrected chi connectivity index (χ0v) is 21.0. The van der Waals surface area contributed by atoms with Crippen LogP contribution in [0.25, 0.3) is 11.3 Å². The van der Waals surface area contributed by atoms with Crippen LogP contribution >= 0.6 is 0 Å². The first-order chi connectivity index (χ1) is 18.2. The van der Waals surface area contributed by atoms with Gasteiger partial charge < -0.3 is 15.2 Å². The van der Waals surface area contributed by atoms with Gasteiger partial charge in [0.1, 0.15) is 35.4 Å². The highest BCUT2D eigenvalue weighted by Gasteiger charge is 2.27. The number of ether oxygens (including phenoxy) is 2. The van der Waals surface area contributed by atoms with Crippen LogP contribution in [0.4, 0.5) is 5.82 Å². The van der Waals surface area contributed by atoms with E-state index in [0.29, 0.717) is 24.3 Å². The normalized spacial score (nSPS) is 14.0. The summed E-state index contributed by atoms with van der Waals surface area (Å²) in [5.74, 6) is 3.38. The standard InChI is InChI=1S/C30H31N5O2/c1-32-29(31)27-28(34-35(30(27)33-2)23-10-6-7-11-23)22-15-17-25(18-16-22)37-26-14-8-9-21(19-26)20-36-24-12-4-3-5-13-24/h3-5,8-9,12-19,23H,2,6-7,10-11,20H2,1H3,(H2,31,32). The maximum absolute atomic E-state index is 6.30. The van der Waals surface area contributed by atoms with Crippen molar-refractivity contribution in [1.29, 1.82) is 0 Å². The summed E-state index contributed by atoms with van der Waals surface area (Å²) in [4.78, 5) is 8.53. The molecule has 0 bridgehead atoms. The Morgan fingerprint density at radius 3 is 2.41 bits per heavy atom. The molecule has 5 rings (SSSR count). The topological polar surface area (TPSA) is 87.0 Å². The van der Waals surface area contributed by atoms with Gasteiger partial charge in [0.15, 0.2) is 5.82 Å². The number of nitrogens with two attached hydrogens (primary N) is 1. The van der Waals surface area contributed by atoms with Crippen molar-refractivity contribution in [2.75, 3.05) is 7.05 Å². The second kappa shape index (κ2) is 11.1. The van der Waals surface area contributed by atoms with Crippen LogP contribution in [0.2, 0.25) is 0 Å². The summed E-state index contributed by atoms with van der Waals surface area (Å²) >= 11 is 0. The molecule has 7 nitrogen and oxygen atoms in total. The number of amidine groups is 1. The van der Waals surface area contributed by atoms with Gasteiger partial charge >= 0.3 is 0 Å². The molecule has 0 unspecified atom stereocenters. The van der Waals surface area contributed by atoms with Crippen LogP contribution in [-0.2, 0) is 6.61 Å². The smallest absolute Gasteiger partial charge is 0.161 e. The molecule has 1 aliphatic carbocycles. The Bertz CT molecular complexity index is 1390. The molecule has 0 atom stereocenters. The summed E-state index contributed by atoms with van der Waals surface area (Å²) in [7, 11) is 1.68. The Morgan fingerprint density at radius 2 is 1.70 bits per heavy atom. The van der Waals surface area contributed by atoms with Crippen molar-refractivity contribution in [1.82, 2.24) is 9.78 Å². The highest BCUT2D eigenvalue weighted by Crippen LogP contribution is 2.38. The number of aromatic nitrogens is 2. The summed E-state index contributed by atoms with van der Waals surface area (Å²) in [6.07, 6.45) is 4.53. The Labute approximate surface area is 217 Å². The molecular formula is C30H31N5O2. The van der Waals surface area contributed by atoms with E-state index in [-0.39, 0.29) is 0 Å². The first-order valence-electron chi connectivity index (χ1n) is 12.5. The second-order valence-electron chi connectivity index (χ2n) is 9.07. The summed E-state index contributed by atoms with van der Waals surface area (Å²) < 4.78 is 14.0. The van der Waals surface area contributed by atoms with E-state index in [4.69, 9.17) is 20.3 Å². The predicted molar refractivity (Wildman–Crippen MR) is 148 cm³/mol. The molecule has 0 spiro atoms. The number of hydrogen-bond donors (Lipinski definition) is 1. The van der Waals surface area contributed by atoms with E-state index in [9.17, 15) is 0 Å². The van der Waals surface area contributed by atoms with E-state index in [1.54, 1.807) is 7.05 Å². The molecule has 1 aliphatic rings. The van der Waals surface area contributed by atoms with Crippen molar-refractivity contribution in [3.63, 3.8) is 0 Å². The number of para-hydroxylation sites is 1. The fraction of sp³-hybridized carbons (Fsp3) is 0.233. The first-order valence-corrected chi connectivity index (χ1v) is 12.5. The van der Waals surface area contributed by atoms with Gasteiger partial charge in [-0.2, -0.15) is 5.10 Å². The maximum Gasteiger partial charge on any atom is 0.161 e. The van der Waals surface area contributed by atoms with Crippen molar-refractivity contribution < 1.29 is 9.47 Å². The van der Waals surface area contributed by atoms with Gasteiger partial charge in [-0.05, 0) is 73.7 Å². The van der Waals surface area contributed by atoms with Crippen LogP contribution in [0.15, 0.2) is 88.8 Å². The van der Waals surface area contributed by atoms with E-state index in [2.05, 4.69) is 16.7 Å². The average molecular weight is 494 g/mol. The van der Waals surface area contributed by atoms with Crippen LogP contribution in [0.3, 0.4) is 0 Å². The molecule has 1 fully saturated rings. The number of rotatable bonds is 9. The number of aliphatic imine (C=N–C) groups is 2. The second-order valence-corrected chi connectivity index (χ2v) is 9.07. The number of hydrogen-bond acceptors (Lipinski definition) is 5. The van der Waals surface area contributed by atoms with Crippen molar-refractivity contribution in [2.45, 2.75) is 38.3 Å². The molecule has 188 valence electrons. The van der Waals surface area contributed by atoms with Crippen LogP contribution in [0.5, 0.6) is 17.2 Å². The highest BCUT2D eigenvalue weighted by atomic mass is 16.5. The van der Waals surface area contributed by atoms with Crippen molar-refractivity contribution in [3.05, 3.63) is 90.0 Å². The summed E-state index contributed by atoms with van der Waals surface area (Å²) in [5.41, 5.74) is 9.73. The zero-order valence-electron chi connectivity index (χ0n) is 21.0. The minimum atomic E-state index is 0.304. The molecule has 2 N–H and O–H groups in total. The molecule has 37 heavy (non-hydrogen) atoms. The Hall–Kier alpha value is -4.39. The van der Waals surface area contributed by atoms with Gasteiger partial charge in [0.2, 0.25) is 0 Å². The molecule has 7 heteroatoms. The first kappa shape index (κ1) is 24.3. The fourth-order valence-corrected chi connectivity index (χ4v) is 4.73. The quantitative estimate of drug-likeness (QED) is 0.207. The molecule has 4 aromatic rings. The molecule has 3 aromatic carbocycles. The summed E-state index contributed by atoms with van der Waals surface area (Å²) in [6, 6.07) is 25.8. The molecular weight excluding hydrogens is 462 g/mol. The van der Waals surface area contributed by atoms with Crippen LogP contribution in [-0.4, -0.2) is 29.4 Å². The van der Waals surface area contributed by atoms with Gasteiger partial charge in [-0.15, -0.1) is 0 Å². The lowest BCUT2D eigenvalue weighted by Gasteiger charge is -2.11. The number of nitrogens with zero attached hydrogens (tertiary/aromatic N) is 4. The summed E-state index contributed by atoms with van der Waals surface area (Å²) in [6.45, 7) is 4.26. The van der Waals surface area contributed by atoms with E-state index >= 15 is 0 Å². The lowest BCUT2D eigenvalue weighted by atomic mass is 10.1. The van der Waals surface area contributed by atoms with Crippen molar-refractivity contribution >= 4 is 18.4 Å². The Morgan fingerprint density at radius 1 is 0.973 bits per heavy atom. The molecule has 0 radical (unpaired) electrons. The third-order valence-electron chi connectivity index (χ3n) is 6.61. The largest absolute Gasteiger partial charge is 0.489 e. The zero-order chi connectivity index (χ0) is 25.6. The Balaban J connectivity index is 1.36. The molecule has 0 saturated heterocycles. The van der Waals surface area contributed by atoms with Crippen LogP contribution in [0.1, 0.15) is 42.9 Å². The third kappa shape index (κ3) is 5.40. The van der Waals surface area contributed by atoms with E-state index in [1.807, 2.05) is 83.5 Å². The van der Waals surface area contributed by atoms with Crippen molar-refractivity contribution in [2.24, 2.45) is 15.7 Å². The molecule has 1 heterocycles. The highest BCUT2D eigenvalue weighted by molar-refractivity contribution is 6.06. The Kier molecular flexibility index (Phi) is 7.31. The van der Waals surface area contributed by atoms with E-state index < -0.39 is 0 Å². The van der Waals surface area contributed by atoms with Gasteiger partial charge in [-0.3, -0.25) is 4.99 Å². The third-order valence-corrected chi connectivity index (χ3v) is 6.61. The predicted octanol–water partition coefficient (Wildman–Crippen LogP) is 6.70. The minimum absolute atomic E-state index is 0.304. The van der Waals surface area contributed by atoms with Gasteiger partial charge in [-0.1, -0.05) is 43.2 Å². The van der Waals surface area contributed by atoms with Crippen molar-refractivity contribution in [3.8, 4) is 28.5 Å². The monoisotopic (exact) mass is 493 g/mol.